The highest BCUT2D eigenvalue weighted by atomic mass is 16.2. The molecule has 0 aliphatic rings. The Labute approximate surface area is 149 Å². The molecule has 0 aliphatic carbocycles. The van der Waals surface area contributed by atoms with E-state index in [1.807, 2.05) is 70.2 Å². The normalized spacial score (nSPS) is 11.9. The van der Waals surface area contributed by atoms with Gasteiger partial charge >= 0.3 is 0 Å². The lowest BCUT2D eigenvalue weighted by atomic mass is 10.0. The molecule has 2 rings (SSSR count). The number of carbonyl (C=O) groups excluding carboxylic acids is 2. The molecule has 0 bridgehead atoms. The monoisotopic (exact) mass is 338 g/mol. The third-order valence-corrected chi connectivity index (χ3v) is 4.23. The van der Waals surface area contributed by atoms with Crippen LogP contribution >= 0.6 is 0 Å². The van der Waals surface area contributed by atoms with Gasteiger partial charge in [0.2, 0.25) is 5.91 Å². The average Bonchev–Trinajstić information content (AvgIpc) is 2.58. The van der Waals surface area contributed by atoms with E-state index in [0.29, 0.717) is 12.1 Å². The fourth-order valence-corrected chi connectivity index (χ4v) is 2.65. The highest BCUT2D eigenvalue weighted by Crippen LogP contribution is 2.09. The van der Waals surface area contributed by atoms with Gasteiger partial charge < -0.3 is 10.6 Å². The molecule has 2 N–H and O–H groups in total. The van der Waals surface area contributed by atoms with E-state index in [9.17, 15) is 9.59 Å². The van der Waals surface area contributed by atoms with Crippen molar-refractivity contribution in [1.82, 2.24) is 10.6 Å². The topological polar surface area (TPSA) is 58.2 Å². The lowest BCUT2D eigenvalue weighted by Crippen LogP contribution is -2.49. The van der Waals surface area contributed by atoms with Gasteiger partial charge in [-0.3, -0.25) is 9.59 Å². The minimum atomic E-state index is -0.572. The van der Waals surface area contributed by atoms with Gasteiger partial charge in [-0.15, -0.1) is 0 Å². The molecule has 25 heavy (non-hydrogen) atoms. The van der Waals surface area contributed by atoms with Crippen molar-refractivity contribution in [3.63, 3.8) is 0 Å². The van der Waals surface area contributed by atoms with E-state index in [2.05, 4.69) is 10.6 Å². The van der Waals surface area contributed by atoms with Crippen LogP contribution in [0.25, 0.3) is 0 Å². The average molecular weight is 338 g/mol. The van der Waals surface area contributed by atoms with E-state index in [0.717, 1.165) is 16.7 Å². The number of nitrogens with one attached hydrogen (secondary N) is 2. The molecule has 0 spiro atoms. The molecule has 0 aliphatic heterocycles. The first kappa shape index (κ1) is 18.7. The molecule has 132 valence electrons. The second-order valence-corrected chi connectivity index (χ2v) is 6.71. The Kier molecular flexibility index (Phi) is 6.34. The number of aryl methyl sites for hydroxylation is 2. The van der Waals surface area contributed by atoms with Crippen molar-refractivity contribution in [3.05, 3.63) is 70.8 Å². The maximum atomic E-state index is 12.6. The van der Waals surface area contributed by atoms with E-state index in [-0.39, 0.29) is 17.7 Å². The maximum Gasteiger partial charge on any atom is 0.251 e. The Morgan fingerprint density at radius 2 is 1.72 bits per heavy atom. The summed E-state index contributed by atoms with van der Waals surface area (Å²) in [6, 6.07) is 14.7. The number of carbonyl (C=O) groups is 2. The summed E-state index contributed by atoms with van der Waals surface area (Å²) in [5, 5.41) is 5.80. The van der Waals surface area contributed by atoms with Crippen LogP contribution < -0.4 is 10.6 Å². The molecule has 1 atom stereocenters. The Morgan fingerprint density at radius 1 is 1.00 bits per heavy atom. The first-order valence-corrected chi connectivity index (χ1v) is 8.58. The lowest BCUT2D eigenvalue weighted by molar-refractivity contribution is -0.124. The summed E-state index contributed by atoms with van der Waals surface area (Å²) in [5.41, 5.74) is 3.78. The van der Waals surface area contributed by atoms with Crippen molar-refractivity contribution in [2.45, 2.75) is 40.3 Å². The van der Waals surface area contributed by atoms with E-state index >= 15 is 0 Å². The van der Waals surface area contributed by atoms with Gasteiger partial charge in [0.1, 0.15) is 6.04 Å². The molecule has 2 aromatic carbocycles. The zero-order valence-corrected chi connectivity index (χ0v) is 15.3. The maximum absolute atomic E-state index is 12.6. The summed E-state index contributed by atoms with van der Waals surface area (Å²) < 4.78 is 0. The zero-order valence-electron chi connectivity index (χ0n) is 15.3. The molecule has 0 radical (unpaired) electrons. The summed E-state index contributed by atoms with van der Waals surface area (Å²) in [4.78, 5) is 25.0. The van der Waals surface area contributed by atoms with Crippen molar-refractivity contribution < 1.29 is 9.59 Å². The first-order valence-electron chi connectivity index (χ1n) is 8.58. The summed E-state index contributed by atoms with van der Waals surface area (Å²) >= 11 is 0. The molecule has 0 fully saturated rings. The minimum absolute atomic E-state index is 0.00868. The third kappa shape index (κ3) is 5.18. The molecule has 0 aromatic heterocycles. The second-order valence-electron chi connectivity index (χ2n) is 6.71. The fraction of sp³-hybridized carbons (Fsp3) is 0.333. The zero-order chi connectivity index (χ0) is 18.4. The van der Waals surface area contributed by atoms with Crippen molar-refractivity contribution in [1.29, 1.82) is 0 Å². The molecule has 0 saturated carbocycles. The number of hydrogen-bond acceptors (Lipinski definition) is 2. The summed E-state index contributed by atoms with van der Waals surface area (Å²) in [7, 11) is 0. The van der Waals surface area contributed by atoms with Crippen LogP contribution in [-0.4, -0.2) is 17.9 Å². The Hall–Kier alpha value is -2.62. The second kappa shape index (κ2) is 8.47. The van der Waals surface area contributed by atoms with E-state index < -0.39 is 6.04 Å². The van der Waals surface area contributed by atoms with Crippen molar-refractivity contribution >= 4 is 11.8 Å². The summed E-state index contributed by atoms with van der Waals surface area (Å²) in [6.07, 6.45) is 0. The minimum Gasteiger partial charge on any atom is -0.350 e. The smallest absolute Gasteiger partial charge is 0.251 e. The van der Waals surface area contributed by atoms with Gasteiger partial charge in [0.25, 0.3) is 5.91 Å². The van der Waals surface area contributed by atoms with Crippen LogP contribution in [0.2, 0.25) is 0 Å². The van der Waals surface area contributed by atoms with Crippen LogP contribution in [0.1, 0.15) is 40.9 Å². The van der Waals surface area contributed by atoms with E-state index in [4.69, 9.17) is 0 Å². The Bertz CT molecular complexity index is 753. The largest absolute Gasteiger partial charge is 0.350 e. The molecule has 2 aromatic rings. The van der Waals surface area contributed by atoms with Gasteiger partial charge in [0.15, 0.2) is 0 Å². The number of rotatable bonds is 6. The van der Waals surface area contributed by atoms with Gasteiger partial charge in [-0.25, -0.2) is 0 Å². The number of benzene rings is 2. The summed E-state index contributed by atoms with van der Waals surface area (Å²) in [5.74, 6) is -0.404. The van der Waals surface area contributed by atoms with Crippen LogP contribution in [-0.2, 0) is 11.3 Å². The third-order valence-electron chi connectivity index (χ3n) is 4.23. The van der Waals surface area contributed by atoms with Gasteiger partial charge in [0.05, 0.1) is 0 Å². The highest BCUT2D eigenvalue weighted by Gasteiger charge is 2.24. The quantitative estimate of drug-likeness (QED) is 0.848. The SMILES string of the molecule is Cc1cccc(C(=O)NC(C(=O)NCc2ccccc2C)C(C)C)c1. The fourth-order valence-electron chi connectivity index (χ4n) is 2.65. The van der Waals surface area contributed by atoms with Crippen molar-refractivity contribution in [2.24, 2.45) is 5.92 Å². The van der Waals surface area contributed by atoms with Gasteiger partial charge in [0, 0.05) is 12.1 Å². The van der Waals surface area contributed by atoms with Gasteiger partial charge in [-0.05, 0) is 43.0 Å². The molecule has 2 amide bonds. The lowest BCUT2D eigenvalue weighted by Gasteiger charge is -2.22. The predicted octanol–water partition coefficient (Wildman–Crippen LogP) is 3.37. The molecular formula is C21H26N2O2. The highest BCUT2D eigenvalue weighted by molar-refractivity contribution is 5.97. The molecular weight excluding hydrogens is 312 g/mol. The number of hydrogen-bond donors (Lipinski definition) is 2. The Balaban J connectivity index is 2.03. The molecule has 0 saturated heterocycles. The van der Waals surface area contributed by atoms with Crippen LogP contribution in [0.3, 0.4) is 0 Å². The van der Waals surface area contributed by atoms with Crippen LogP contribution in [0, 0.1) is 19.8 Å². The van der Waals surface area contributed by atoms with Crippen molar-refractivity contribution in [3.8, 4) is 0 Å². The summed E-state index contributed by atoms with van der Waals surface area (Å²) in [6.45, 7) is 8.25. The van der Waals surface area contributed by atoms with Crippen LogP contribution in [0.15, 0.2) is 48.5 Å². The van der Waals surface area contributed by atoms with Gasteiger partial charge in [-0.1, -0.05) is 55.8 Å². The van der Waals surface area contributed by atoms with E-state index in [1.165, 1.54) is 0 Å². The van der Waals surface area contributed by atoms with Gasteiger partial charge in [-0.2, -0.15) is 0 Å². The molecule has 4 nitrogen and oxygen atoms in total. The number of amides is 2. The van der Waals surface area contributed by atoms with E-state index in [1.54, 1.807) is 6.07 Å². The predicted molar refractivity (Wildman–Crippen MR) is 100 cm³/mol. The molecule has 1 unspecified atom stereocenters. The molecule has 0 heterocycles. The molecule has 4 heteroatoms. The Morgan fingerprint density at radius 3 is 2.36 bits per heavy atom. The first-order chi connectivity index (χ1) is 11.9. The van der Waals surface area contributed by atoms with Crippen molar-refractivity contribution in [2.75, 3.05) is 0 Å². The van der Waals surface area contributed by atoms with Crippen LogP contribution in [0.5, 0.6) is 0 Å². The standard InChI is InChI=1S/C21H26N2O2/c1-14(2)19(23-20(24)17-11-7-8-15(3)12-17)21(25)22-13-18-10-6-5-9-16(18)4/h5-12,14,19H,13H2,1-4H3,(H,22,25)(H,23,24). The van der Waals surface area contributed by atoms with Crippen LogP contribution in [0.4, 0.5) is 0 Å².